The Balaban J connectivity index is 3.12. The first-order valence-corrected chi connectivity index (χ1v) is 4.88. The van der Waals surface area contributed by atoms with Gasteiger partial charge in [-0.25, -0.2) is 9.78 Å². The maximum atomic E-state index is 11.8. The molecule has 5 nitrogen and oxygen atoms in total. The van der Waals surface area contributed by atoms with Crippen molar-refractivity contribution in [2.75, 3.05) is 14.2 Å². The molecule has 5 heteroatoms. The van der Waals surface area contributed by atoms with Crippen LogP contribution in [0.2, 0.25) is 0 Å². The second-order valence-corrected chi connectivity index (χ2v) is 3.35. The largest absolute Gasteiger partial charge is 0.496 e. The van der Waals surface area contributed by atoms with Gasteiger partial charge in [-0.3, -0.25) is 0 Å². The molecule has 1 aromatic rings. The van der Waals surface area contributed by atoms with Crippen LogP contribution in [0.25, 0.3) is 0 Å². The molecular weight excluding hydrogens is 210 g/mol. The number of hydrogen-bond acceptors (Lipinski definition) is 5. The molecule has 0 N–H and O–H groups in total. The van der Waals surface area contributed by atoms with Crippen LogP contribution in [0.4, 0.5) is 0 Å². The average Bonchev–Trinajstić information content (AvgIpc) is 2.26. The molecule has 0 bridgehead atoms. The van der Waals surface area contributed by atoms with E-state index < -0.39 is 5.97 Å². The first kappa shape index (κ1) is 12.3. The van der Waals surface area contributed by atoms with Crippen LogP contribution in [0, 0.1) is 0 Å². The molecular formula is C11H15NO4. The Hall–Kier alpha value is -1.78. The fourth-order valence-corrected chi connectivity index (χ4v) is 1.21. The number of methoxy groups -OCH3 is 2. The number of carbonyl (C=O) groups is 1. The van der Waals surface area contributed by atoms with Crippen molar-refractivity contribution in [3.05, 3.63) is 17.8 Å². The van der Waals surface area contributed by atoms with E-state index >= 15 is 0 Å². The molecule has 0 radical (unpaired) electrons. The third kappa shape index (κ3) is 2.62. The van der Waals surface area contributed by atoms with E-state index in [0.717, 1.165) is 0 Å². The minimum absolute atomic E-state index is 0.199. The molecule has 0 spiro atoms. The zero-order chi connectivity index (χ0) is 12.1. The van der Waals surface area contributed by atoms with Crippen molar-refractivity contribution in [3.8, 4) is 11.6 Å². The Labute approximate surface area is 94.3 Å². The second-order valence-electron chi connectivity index (χ2n) is 3.35. The van der Waals surface area contributed by atoms with Crippen LogP contribution in [0.3, 0.4) is 0 Å². The summed E-state index contributed by atoms with van der Waals surface area (Å²) in [5.41, 5.74) is 0.209. The number of hydrogen-bond donors (Lipinski definition) is 0. The summed E-state index contributed by atoms with van der Waals surface area (Å²) in [5, 5.41) is 0. The maximum absolute atomic E-state index is 11.8. The lowest BCUT2D eigenvalue weighted by molar-refractivity contribution is 0.0369. The molecule has 0 saturated heterocycles. The van der Waals surface area contributed by atoms with E-state index in [1.54, 1.807) is 19.9 Å². The average molecular weight is 225 g/mol. The van der Waals surface area contributed by atoms with Crippen LogP contribution in [-0.4, -0.2) is 31.3 Å². The van der Waals surface area contributed by atoms with E-state index in [1.165, 1.54) is 20.4 Å². The summed E-state index contributed by atoms with van der Waals surface area (Å²) in [7, 11) is 2.91. The minimum atomic E-state index is -0.503. The molecule has 0 aromatic carbocycles. The molecule has 1 heterocycles. The molecule has 1 rings (SSSR count). The predicted octanol–water partition coefficient (Wildman–Crippen LogP) is 1.66. The zero-order valence-corrected chi connectivity index (χ0v) is 9.81. The van der Waals surface area contributed by atoms with Gasteiger partial charge in [0.1, 0.15) is 5.75 Å². The number of aromatic nitrogens is 1. The highest BCUT2D eigenvalue weighted by Crippen LogP contribution is 2.26. The Bertz CT molecular complexity index is 354. The molecule has 0 unspecified atom stereocenters. The number of esters is 1. The summed E-state index contributed by atoms with van der Waals surface area (Å²) in [6.07, 6.45) is 1.30. The highest BCUT2D eigenvalue weighted by Gasteiger charge is 2.21. The molecule has 1 aromatic heterocycles. The van der Waals surface area contributed by atoms with Crippen molar-refractivity contribution in [3.63, 3.8) is 0 Å². The second kappa shape index (κ2) is 5.34. The van der Waals surface area contributed by atoms with E-state index in [2.05, 4.69) is 4.98 Å². The van der Waals surface area contributed by atoms with E-state index in [9.17, 15) is 4.79 Å². The SMILES string of the molecule is COc1ccnc(OC)c1C(=O)OC(C)C. The van der Waals surface area contributed by atoms with E-state index in [4.69, 9.17) is 14.2 Å². The van der Waals surface area contributed by atoms with Crippen molar-refractivity contribution >= 4 is 5.97 Å². The minimum Gasteiger partial charge on any atom is -0.496 e. The van der Waals surface area contributed by atoms with Gasteiger partial charge in [0.25, 0.3) is 0 Å². The lowest BCUT2D eigenvalue weighted by Gasteiger charge is -2.12. The number of ether oxygens (including phenoxy) is 3. The number of nitrogens with zero attached hydrogens (tertiary/aromatic N) is 1. The van der Waals surface area contributed by atoms with Crippen LogP contribution in [0.1, 0.15) is 24.2 Å². The first-order chi connectivity index (χ1) is 7.60. The molecule has 16 heavy (non-hydrogen) atoms. The van der Waals surface area contributed by atoms with Crippen molar-refractivity contribution in [1.82, 2.24) is 4.98 Å². The lowest BCUT2D eigenvalue weighted by atomic mass is 10.2. The smallest absolute Gasteiger partial charge is 0.347 e. The van der Waals surface area contributed by atoms with Crippen LogP contribution < -0.4 is 9.47 Å². The fourth-order valence-electron chi connectivity index (χ4n) is 1.21. The highest BCUT2D eigenvalue weighted by molar-refractivity contribution is 5.95. The number of rotatable bonds is 4. The van der Waals surface area contributed by atoms with E-state index in [0.29, 0.717) is 5.75 Å². The molecule has 0 aliphatic carbocycles. The molecule has 0 aliphatic heterocycles. The van der Waals surface area contributed by atoms with Gasteiger partial charge in [-0.15, -0.1) is 0 Å². The molecule has 0 atom stereocenters. The molecule has 0 amide bonds. The molecule has 0 aliphatic rings. The van der Waals surface area contributed by atoms with Crippen LogP contribution in [-0.2, 0) is 4.74 Å². The first-order valence-electron chi connectivity index (χ1n) is 4.88. The molecule has 88 valence electrons. The van der Waals surface area contributed by atoms with Crippen LogP contribution in [0.5, 0.6) is 11.6 Å². The van der Waals surface area contributed by atoms with Crippen molar-refractivity contribution in [2.24, 2.45) is 0 Å². The Morgan fingerprint density at radius 2 is 2.00 bits per heavy atom. The molecule has 0 fully saturated rings. The lowest BCUT2D eigenvalue weighted by Crippen LogP contribution is -2.14. The monoisotopic (exact) mass is 225 g/mol. The van der Waals surface area contributed by atoms with Crippen molar-refractivity contribution in [1.29, 1.82) is 0 Å². The van der Waals surface area contributed by atoms with E-state index in [1.807, 2.05) is 0 Å². The topological polar surface area (TPSA) is 57.7 Å². The predicted molar refractivity (Wildman–Crippen MR) is 57.9 cm³/mol. The Morgan fingerprint density at radius 3 is 2.50 bits per heavy atom. The van der Waals surface area contributed by atoms with Gasteiger partial charge in [-0.05, 0) is 19.9 Å². The Morgan fingerprint density at radius 1 is 1.31 bits per heavy atom. The normalized spacial score (nSPS) is 10.1. The summed E-state index contributed by atoms with van der Waals surface area (Å²) in [6.45, 7) is 3.54. The summed E-state index contributed by atoms with van der Waals surface area (Å²) in [6, 6.07) is 1.58. The maximum Gasteiger partial charge on any atom is 0.347 e. The van der Waals surface area contributed by atoms with Gasteiger partial charge in [0.15, 0.2) is 5.56 Å². The number of pyridine rings is 1. The summed E-state index contributed by atoms with van der Waals surface area (Å²) in [5.74, 6) is 0.0827. The van der Waals surface area contributed by atoms with Crippen LogP contribution >= 0.6 is 0 Å². The van der Waals surface area contributed by atoms with Crippen LogP contribution in [0.15, 0.2) is 12.3 Å². The van der Waals surface area contributed by atoms with Gasteiger partial charge >= 0.3 is 5.97 Å². The van der Waals surface area contributed by atoms with Gasteiger partial charge in [-0.2, -0.15) is 0 Å². The van der Waals surface area contributed by atoms with Gasteiger partial charge < -0.3 is 14.2 Å². The van der Waals surface area contributed by atoms with Gasteiger partial charge in [-0.1, -0.05) is 0 Å². The van der Waals surface area contributed by atoms with Crippen molar-refractivity contribution in [2.45, 2.75) is 20.0 Å². The summed E-state index contributed by atoms with van der Waals surface area (Å²) < 4.78 is 15.2. The highest BCUT2D eigenvalue weighted by atomic mass is 16.5. The zero-order valence-electron chi connectivity index (χ0n) is 9.81. The fraction of sp³-hybridized carbons (Fsp3) is 0.455. The summed E-state index contributed by atoms with van der Waals surface area (Å²) >= 11 is 0. The molecule has 0 saturated carbocycles. The van der Waals surface area contributed by atoms with Crippen molar-refractivity contribution < 1.29 is 19.0 Å². The standard InChI is InChI=1S/C11H15NO4/c1-7(2)16-11(13)9-8(14-3)5-6-12-10(9)15-4/h5-7H,1-4H3. The van der Waals surface area contributed by atoms with Gasteiger partial charge in [0, 0.05) is 6.20 Å². The quantitative estimate of drug-likeness (QED) is 0.729. The van der Waals surface area contributed by atoms with Gasteiger partial charge in [0.2, 0.25) is 5.88 Å². The summed E-state index contributed by atoms with van der Waals surface area (Å²) in [4.78, 5) is 15.7. The third-order valence-electron chi connectivity index (χ3n) is 1.84. The number of carbonyl (C=O) groups excluding carboxylic acids is 1. The Kier molecular flexibility index (Phi) is 4.10. The third-order valence-corrected chi connectivity index (χ3v) is 1.84. The van der Waals surface area contributed by atoms with E-state index in [-0.39, 0.29) is 17.5 Å². The van der Waals surface area contributed by atoms with Gasteiger partial charge in [0.05, 0.1) is 20.3 Å².